The summed E-state index contributed by atoms with van der Waals surface area (Å²) in [6.07, 6.45) is 0. The molecule has 3 aromatic rings. The summed E-state index contributed by atoms with van der Waals surface area (Å²) >= 11 is 1.51. The van der Waals surface area contributed by atoms with E-state index in [0.717, 1.165) is 15.8 Å². The number of rotatable bonds is 1. The highest BCUT2D eigenvalue weighted by atomic mass is 32.1. The molecule has 5 heteroatoms. The van der Waals surface area contributed by atoms with Crippen molar-refractivity contribution in [3.8, 4) is 11.4 Å². The van der Waals surface area contributed by atoms with Crippen LogP contribution in [0.5, 0.6) is 5.75 Å². The lowest BCUT2D eigenvalue weighted by Crippen LogP contribution is -2.23. The number of aryl methyl sites for hydroxylation is 2. The lowest BCUT2D eigenvalue weighted by atomic mass is 10.1. The van der Waals surface area contributed by atoms with E-state index in [1.165, 1.54) is 15.9 Å². The number of pyridine rings is 1. The molecule has 0 aliphatic heterocycles. The predicted octanol–water partition coefficient (Wildman–Crippen LogP) is 3.27. The fraction of sp³-hybridized carbons (Fsp3) is 0.188. The monoisotopic (exact) mass is 300 g/mol. The maximum absolute atomic E-state index is 12.9. The molecule has 0 amide bonds. The molecular formula is C16H16N2O2S. The fourth-order valence-electron chi connectivity index (χ4n) is 2.67. The van der Waals surface area contributed by atoms with E-state index >= 15 is 0 Å². The standard InChI is InChI=1S/C16H16N2O2S/c1-8-4-5-11(19)10(3)15(8)18-13(17)6-12-14(16(18)20)9(2)7-21-12/h4-7,19H,17H2,1-3H3. The van der Waals surface area contributed by atoms with E-state index in [4.69, 9.17) is 5.73 Å². The van der Waals surface area contributed by atoms with E-state index in [2.05, 4.69) is 0 Å². The summed E-state index contributed by atoms with van der Waals surface area (Å²) in [6.45, 7) is 5.61. The van der Waals surface area contributed by atoms with E-state index in [0.29, 0.717) is 22.5 Å². The van der Waals surface area contributed by atoms with Gasteiger partial charge in [0.25, 0.3) is 5.56 Å². The van der Waals surface area contributed by atoms with Gasteiger partial charge in [0.2, 0.25) is 0 Å². The number of nitrogens with zero attached hydrogens (tertiary/aromatic N) is 1. The van der Waals surface area contributed by atoms with Crippen molar-refractivity contribution in [2.45, 2.75) is 20.8 Å². The van der Waals surface area contributed by atoms with Crippen LogP contribution in [0.4, 0.5) is 5.82 Å². The molecule has 2 aromatic heterocycles. The van der Waals surface area contributed by atoms with Crippen molar-refractivity contribution < 1.29 is 5.11 Å². The number of fused-ring (bicyclic) bond motifs is 1. The maximum Gasteiger partial charge on any atom is 0.265 e. The van der Waals surface area contributed by atoms with Crippen LogP contribution in [-0.4, -0.2) is 9.67 Å². The highest BCUT2D eigenvalue weighted by Gasteiger charge is 2.16. The molecule has 0 radical (unpaired) electrons. The Morgan fingerprint density at radius 1 is 1.19 bits per heavy atom. The first-order chi connectivity index (χ1) is 9.91. The zero-order valence-electron chi connectivity index (χ0n) is 12.1. The smallest absolute Gasteiger partial charge is 0.265 e. The average Bonchev–Trinajstić information content (AvgIpc) is 2.79. The Morgan fingerprint density at radius 2 is 1.90 bits per heavy atom. The van der Waals surface area contributed by atoms with Gasteiger partial charge in [0.15, 0.2) is 0 Å². The molecule has 2 heterocycles. The Bertz CT molecular complexity index is 922. The number of nitrogens with two attached hydrogens (primary N) is 1. The highest BCUT2D eigenvalue weighted by molar-refractivity contribution is 7.17. The number of anilines is 1. The molecular weight excluding hydrogens is 284 g/mol. The molecule has 0 aliphatic rings. The molecule has 0 fully saturated rings. The van der Waals surface area contributed by atoms with Crippen LogP contribution < -0.4 is 11.3 Å². The first-order valence-corrected chi connectivity index (χ1v) is 7.48. The third kappa shape index (κ3) is 1.93. The van der Waals surface area contributed by atoms with Gasteiger partial charge in [-0.1, -0.05) is 6.07 Å². The molecule has 0 saturated carbocycles. The fourth-order valence-corrected chi connectivity index (χ4v) is 3.65. The largest absolute Gasteiger partial charge is 0.508 e. The highest BCUT2D eigenvalue weighted by Crippen LogP contribution is 2.30. The van der Waals surface area contributed by atoms with Crippen molar-refractivity contribution in [3.05, 3.63) is 50.6 Å². The lowest BCUT2D eigenvalue weighted by Gasteiger charge is -2.16. The van der Waals surface area contributed by atoms with E-state index in [1.54, 1.807) is 19.1 Å². The molecule has 0 spiro atoms. The number of hydrogen-bond acceptors (Lipinski definition) is 4. The first-order valence-electron chi connectivity index (χ1n) is 6.60. The van der Waals surface area contributed by atoms with E-state index in [1.807, 2.05) is 25.3 Å². The molecule has 0 bridgehead atoms. The SMILES string of the molecule is Cc1ccc(O)c(C)c1-n1c(N)cc2scc(C)c2c1=O. The zero-order valence-corrected chi connectivity index (χ0v) is 12.9. The summed E-state index contributed by atoms with van der Waals surface area (Å²) in [5.41, 5.74) is 9.12. The van der Waals surface area contributed by atoms with Gasteiger partial charge in [-0.3, -0.25) is 9.36 Å². The molecule has 3 rings (SSSR count). The molecule has 0 atom stereocenters. The number of thiophene rings is 1. The topological polar surface area (TPSA) is 68.2 Å². The van der Waals surface area contributed by atoms with Crippen molar-refractivity contribution in [1.82, 2.24) is 4.57 Å². The Hall–Kier alpha value is -2.27. The van der Waals surface area contributed by atoms with Crippen molar-refractivity contribution in [3.63, 3.8) is 0 Å². The quantitative estimate of drug-likeness (QED) is 0.724. The number of nitrogen functional groups attached to an aromatic ring is 1. The maximum atomic E-state index is 12.9. The van der Waals surface area contributed by atoms with Gasteiger partial charge in [-0.15, -0.1) is 11.3 Å². The van der Waals surface area contributed by atoms with Gasteiger partial charge in [0, 0.05) is 10.3 Å². The van der Waals surface area contributed by atoms with E-state index in [-0.39, 0.29) is 11.3 Å². The van der Waals surface area contributed by atoms with Gasteiger partial charge in [-0.25, -0.2) is 0 Å². The van der Waals surface area contributed by atoms with Crippen molar-refractivity contribution in [2.75, 3.05) is 5.73 Å². The van der Waals surface area contributed by atoms with Gasteiger partial charge in [-0.2, -0.15) is 0 Å². The van der Waals surface area contributed by atoms with Crippen LogP contribution in [0.3, 0.4) is 0 Å². The van der Waals surface area contributed by atoms with Crippen LogP contribution >= 0.6 is 11.3 Å². The van der Waals surface area contributed by atoms with Gasteiger partial charge in [0.05, 0.1) is 11.1 Å². The lowest BCUT2D eigenvalue weighted by molar-refractivity contribution is 0.470. The average molecular weight is 300 g/mol. The molecule has 0 saturated heterocycles. The van der Waals surface area contributed by atoms with Crippen molar-refractivity contribution in [2.24, 2.45) is 0 Å². The third-order valence-electron chi connectivity index (χ3n) is 3.79. The van der Waals surface area contributed by atoms with Crippen LogP contribution in [0.25, 0.3) is 15.8 Å². The minimum absolute atomic E-state index is 0.138. The van der Waals surface area contributed by atoms with Crippen molar-refractivity contribution >= 4 is 27.2 Å². The Kier molecular flexibility index (Phi) is 3.02. The molecule has 1 aromatic carbocycles. The first kappa shape index (κ1) is 13.7. The Morgan fingerprint density at radius 3 is 2.62 bits per heavy atom. The summed E-state index contributed by atoms with van der Waals surface area (Å²) in [5, 5.41) is 12.6. The third-order valence-corrected chi connectivity index (χ3v) is 4.83. The van der Waals surface area contributed by atoms with E-state index in [9.17, 15) is 9.90 Å². The van der Waals surface area contributed by atoms with Crippen LogP contribution in [0, 0.1) is 20.8 Å². The molecule has 108 valence electrons. The summed E-state index contributed by atoms with van der Waals surface area (Å²) in [4.78, 5) is 12.9. The second-order valence-electron chi connectivity index (χ2n) is 5.24. The summed E-state index contributed by atoms with van der Waals surface area (Å²) in [5.74, 6) is 0.537. The summed E-state index contributed by atoms with van der Waals surface area (Å²) in [7, 11) is 0. The molecule has 0 unspecified atom stereocenters. The molecule has 4 nitrogen and oxygen atoms in total. The van der Waals surface area contributed by atoms with Crippen LogP contribution in [0.15, 0.2) is 28.4 Å². The zero-order chi connectivity index (χ0) is 15.3. The molecule has 3 N–H and O–H groups in total. The number of benzene rings is 1. The number of phenols is 1. The van der Waals surface area contributed by atoms with Gasteiger partial charge >= 0.3 is 0 Å². The van der Waals surface area contributed by atoms with Gasteiger partial charge < -0.3 is 10.8 Å². The van der Waals surface area contributed by atoms with E-state index < -0.39 is 0 Å². The predicted molar refractivity (Wildman–Crippen MR) is 87.7 cm³/mol. The number of hydrogen-bond donors (Lipinski definition) is 2. The van der Waals surface area contributed by atoms with Crippen LogP contribution in [-0.2, 0) is 0 Å². The van der Waals surface area contributed by atoms with Crippen LogP contribution in [0.2, 0.25) is 0 Å². The second-order valence-corrected chi connectivity index (χ2v) is 6.15. The van der Waals surface area contributed by atoms with Gasteiger partial charge in [-0.05, 0) is 49.4 Å². The number of aromatic nitrogens is 1. The van der Waals surface area contributed by atoms with Gasteiger partial charge in [0.1, 0.15) is 11.6 Å². The second kappa shape index (κ2) is 4.63. The Labute approximate surface area is 126 Å². The Balaban J connectivity index is 2.49. The minimum Gasteiger partial charge on any atom is -0.508 e. The van der Waals surface area contributed by atoms with Crippen LogP contribution in [0.1, 0.15) is 16.7 Å². The molecule has 21 heavy (non-hydrogen) atoms. The summed E-state index contributed by atoms with van der Waals surface area (Å²) < 4.78 is 2.38. The number of aromatic hydroxyl groups is 1. The summed E-state index contributed by atoms with van der Waals surface area (Å²) in [6, 6.07) is 5.23. The van der Waals surface area contributed by atoms with Crippen molar-refractivity contribution in [1.29, 1.82) is 0 Å². The minimum atomic E-state index is -0.138. The number of phenolic OH excluding ortho intramolecular Hbond substituents is 1. The normalized spacial score (nSPS) is 11.2. The molecule has 0 aliphatic carbocycles.